The van der Waals surface area contributed by atoms with Crippen molar-refractivity contribution in [3.05, 3.63) is 162 Å². The molecule has 6 heterocycles. The second kappa shape index (κ2) is 22.9. The van der Waals surface area contributed by atoms with Gasteiger partial charge in [0.2, 0.25) is 0 Å². The highest BCUT2D eigenvalue weighted by atomic mass is 35.5. The van der Waals surface area contributed by atoms with E-state index in [-0.39, 0.29) is 41.1 Å². The zero-order valence-corrected chi connectivity index (χ0v) is 43.2. The van der Waals surface area contributed by atoms with Crippen LogP contribution in [0.2, 0.25) is 10.0 Å². The summed E-state index contributed by atoms with van der Waals surface area (Å²) in [6, 6.07) is 27.5. The molecule has 0 spiro atoms. The molecule has 2 amide bonds. The highest BCUT2D eigenvalue weighted by molar-refractivity contribution is 7.10. The van der Waals surface area contributed by atoms with Gasteiger partial charge in [-0.05, 0) is 136 Å². The van der Waals surface area contributed by atoms with Crippen LogP contribution in [0.15, 0.2) is 108 Å². The fraction of sp³-hybridized carbons (Fsp3) is 0.400. The number of likely N-dealkylation sites (tertiary alicyclic amines) is 2. The number of ketones is 1. The van der Waals surface area contributed by atoms with Gasteiger partial charge in [-0.1, -0.05) is 59.6 Å². The van der Waals surface area contributed by atoms with E-state index >= 15 is 4.79 Å². The number of carbonyl (C=O) groups excluding carboxylic acids is 3. The molecule has 0 radical (unpaired) electrons. The lowest BCUT2D eigenvalue weighted by Gasteiger charge is -2.41. The van der Waals surface area contributed by atoms with Crippen LogP contribution in [0.5, 0.6) is 0 Å². The van der Waals surface area contributed by atoms with Gasteiger partial charge >= 0.3 is 0 Å². The Morgan fingerprint density at radius 2 is 0.903 bits per heavy atom. The Kier molecular flexibility index (Phi) is 16.0. The summed E-state index contributed by atoms with van der Waals surface area (Å²) < 4.78 is 28.4. The number of hydrogen-bond acceptors (Lipinski definition) is 11. The molecule has 376 valence electrons. The number of thiazole rings is 2. The van der Waals surface area contributed by atoms with E-state index in [4.69, 9.17) is 33.2 Å². The van der Waals surface area contributed by atoms with Gasteiger partial charge in [0.1, 0.15) is 23.0 Å². The molecule has 10 rings (SSSR count). The van der Waals surface area contributed by atoms with Crippen molar-refractivity contribution < 1.29 is 23.2 Å². The summed E-state index contributed by atoms with van der Waals surface area (Å²) in [5.41, 5.74) is 4.82. The minimum atomic E-state index is -0.488. The fourth-order valence-electron chi connectivity index (χ4n) is 10.8. The first kappa shape index (κ1) is 50.3. The third kappa shape index (κ3) is 11.9. The van der Waals surface area contributed by atoms with Crippen molar-refractivity contribution in [3.8, 4) is 0 Å². The molecule has 4 aromatic carbocycles. The second-order valence-electron chi connectivity index (χ2n) is 19.4. The molecule has 0 bridgehead atoms. The lowest BCUT2D eigenvalue weighted by molar-refractivity contribution is -0.130. The van der Waals surface area contributed by atoms with Crippen molar-refractivity contribution in [2.24, 2.45) is 0 Å². The molecular weight excluding hydrogens is 994 g/mol. The summed E-state index contributed by atoms with van der Waals surface area (Å²) in [6.07, 6.45) is 3.95. The van der Waals surface area contributed by atoms with Gasteiger partial charge < -0.3 is 19.6 Å². The van der Waals surface area contributed by atoms with Crippen LogP contribution in [0.4, 0.5) is 20.2 Å². The average molecular weight is 1050 g/mol. The largest absolute Gasteiger partial charge is 0.368 e. The number of anilines is 2. The molecule has 4 fully saturated rings. The number of hydrogen-bond donors (Lipinski definition) is 0. The van der Waals surface area contributed by atoms with Gasteiger partial charge in [0.25, 0.3) is 11.8 Å². The van der Waals surface area contributed by atoms with E-state index in [0.29, 0.717) is 113 Å². The van der Waals surface area contributed by atoms with Crippen molar-refractivity contribution in [1.82, 2.24) is 29.6 Å². The fourth-order valence-corrected chi connectivity index (χ4v) is 13.1. The first-order valence-corrected chi connectivity index (χ1v) is 27.5. The molecule has 0 N–H and O–H groups in total. The standard InChI is InChI=1S/C55H58Cl2F2N8O3S2/c56-41-3-1-5-45(33-41)62-23-27-66(28-24-62)54(69)47-35-71-52(60-47)39-15-19-64(20-16-39)49(31-37-7-11-43(58)12-8-37)51(68)50(32-38-9-13-44(59)14-10-38)65-21-17-40(18-22-65)53-61-48(36-72-53)55(70)67-29-25-63(26-30-67)46-6-2-4-42(57)34-46/h1-14,33-36,39-40,49-50H,15-32H2. The minimum absolute atomic E-state index is 0.0515. The minimum Gasteiger partial charge on any atom is -0.368 e. The molecule has 11 nitrogen and oxygen atoms in total. The van der Waals surface area contributed by atoms with Crippen LogP contribution < -0.4 is 9.80 Å². The summed E-state index contributed by atoms with van der Waals surface area (Å²) in [4.78, 5) is 65.4. The quantitative estimate of drug-likeness (QED) is 0.106. The van der Waals surface area contributed by atoms with Crippen LogP contribution in [0.25, 0.3) is 0 Å². The Bertz CT molecular complexity index is 2630. The smallest absolute Gasteiger partial charge is 0.273 e. The van der Waals surface area contributed by atoms with Crippen LogP contribution >= 0.6 is 45.9 Å². The molecule has 0 saturated carbocycles. The Labute approximate surface area is 438 Å². The van der Waals surface area contributed by atoms with Crippen molar-refractivity contribution in [2.75, 3.05) is 88.3 Å². The van der Waals surface area contributed by atoms with E-state index in [2.05, 4.69) is 19.6 Å². The zero-order valence-electron chi connectivity index (χ0n) is 40.1. The number of carbonyl (C=O) groups is 3. The molecule has 6 aromatic rings. The number of Topliss-reactive ketones (excluding diaryl/α,β-unsaturated/α-hetero) is 1. The van der Waals surface area contributed by atoms with Gasteiger partial charge in [-0.25, -0.2) is 18.7 Å². The first-order chi connectivity index (χ1) is 35.0. The summed E-state index contributed by atoms with van der Waals surface area (Å²) in [7, 11) is 0. The average Bonchev–Trinajstić information content (AvgIpc) is 4.12. The Morgan fingerprint density at radius 3 is 1.26 bits per heavy atom. The van der Waals surface area contributed by atoms with Gasteiger partial charge in [0, 0.05) is 96.4 Å². The van der Waals surface area contributed by atoms with Crippen LogP contribution in [-0.4, -0.2) is 138 Å². The number of rotatable bonds is 14. The number of piperidine rings is 2. The van der Waals surface area contributed by atoms with Crippen LogP contribution in [0, 0.1) is 11.6 Å². The topological polar surface area (TPSA) is 96.4 Å². The van der Waals surface area contributed by atoms with Crippen molar-refractivity contribution in [2.45, 2.75) is 62.4 Å². The van der Waals surface area contributed by atoms with E-state index in [1.807, 2.05) is 69.1 Å². The lowest BCUT2D eigenvalue weighted by atomic mass is 9.87. The lowest BCUT2D eigenvalue weighted by Crippen LogP contribution is -2.55. The summed E-state index contributed by atoms with van der Waals surface area (Å²) in [5, 5.41) is 7.04. The predicted octanol–water partition coefficient (Wildman–Crippen LogP) is 9.96. The molecule has 0 aliphatic carbocycles. The molecule has 4 aliphatic heterocycles. The maximum absolute atomic E-state index is 15.4. The maximum atomic E-state index is 15.4. The molecule has 17 heteroatoms. The van der Waals surface area contributed by atoms with Gasteiger partial charge in [0.05, 0.1) is 22.1 Å². The Morgan fingerprint density at radius 1 is 0.528 bits per heavy atom. The molecular formula is C55H58Cl2F2N8O3S2. The summed E-state index contributed by atoms with van der Waals surface area (Å²) >= 11 is 15.6. The first-order valence-electron chi connectivity index (χ1n) is 25.0. The van der Waals surface area contributed by atoms with Crippen LogP contribution in [0.3, 0.4) is 0 Å². The molecule has 4 saturated heterocycles. The molecule has 2 atom stereocenters. The van der Waals surface area contributed by atoms with E-state index < -0.39 is 12.1 Å². The Balaban J connectivity index is 0.793. The summed E-state index contributed by atoms with van der Waals surface area (Å²) in [5.74, 6) is -0.371. The molecule has 72 heavy (non-hydrogen) atoms. The van der Waals surface area contributed by atoms with Crippen molar-refractivity contribution >= 4 is 74.8 Å². The van der Waals surface area contributed by atoms with Gasteiger partial charge in [0.15, 0.2) is 5.78 Å². The number of amides is 2. The van der Waals surface area contributed by atoms with E-state index in [9.17, 15) is 18.4 Å². The van der Waals surface area contributed by atoms with Gasteiger partial charge in [-0.2, -0.15) is 0 Å². The number of aromatic nitrogens is 2. The SMILES string of the molecule is O=C(C(Cc1ccc(F)cc1)N1CCC(c2nc(C(=O)N3CCN(c4cccc(Cl)c4)CC3)cs2)CC1)C(Cc1ccc(F)cc1)N1CCC(c2nc(C(=O)N3CCN(c4cccc(Cl)c4)CC3)cs2)CC1. The van der Waals surface area contributed by atoms with E-state index in [1.165, 1.54) is 46.9 Å². The van der Waals surface area contributed by atoms with Crippen molar-refractivity contribution in [3.63, 3.8) is 0 Å². The second-order valence-corrected chi connectivity index (χ2v) is 22.0. The van der Waals surface area contributed by atoms with Gasteiger partial charge in [-0.15, -0.1) is 22.7 Å². The highest BCUT2D eigenvalue weighted by Gasteiger charge is 2.39. The predicted molar refractivity (Wildman–Crippen MR) is 283 cm³/mol. The highest BCUT2D eigenvalue weighted by Crippen LogP contribution is 2.35. The van der Waals surface area contributed by atoms with E-state index in [1.54, 1.807) is 24.3 Å². The molecule has 4 aliphatic rings. The summed E-state index contributed by atoms with van der Waals surface area (Å²) in [6.45, 7) is 7.88. The molecule has 2 aromatic heterocycles. The number of piperazine rings is 2. The normalized spacial score (nSPS) is 18.6. The van der Waals surface area contributed by atoms with Crippen LogP contribution in [0.1, 0.15) is 79.6 Å². The number of nitrogens with zero attached hydrogens (tertiary/aromatic N) is 8. The third-order valence-corrected chi connectivity index (χ3v) is 17.4. The van der Waals surface area contributed by atoms with Crippen LogP contribution in [-0.2, 0) is 17.6 Å². The number of halogens is 4. The zero-order chi connectivity index (χ0) is 49.7. The number of benzene rings is 4. The maximum Gasteiger partial charge on any atom is 0.273 e. The van der Waals surface area contributed by atoms with Crippen molar-refractivity contribution in [1.29, 1.82) is 0 Å². The third-order valence-electron chi connectivity index (χ3n) is 14.9. The monoisotopic (exact) mass is 1050 g/mol. The molecule has 2 unspecified atom stereocenters. The Hall–Kier alpha value is -5.29. The van der Waals surface area contributed by atoms with E-state index in [0.717, 1.165) is 58.2 Å². The van der Waals surface area contributed by atoms with Gasteiger partial charge in [-0.3, -0.25) is 24.2 Å².